The second-order valence-electron chi connectivity index (χ2n) is 6.71. The highest BCUT2D eigenvalue weighted by molar-refractivity contribution is 7.92. The van der Waals surface area contributed by atoms with E-state index in [2.05, 4.69) is 50.0 Å². The number of piperidine rings is 1. The zero-order chi connectivity index (χ0) is 18.1. The van der Waals surface area contributed by atoms with Gasteiger partial charge < -0.3 is 0 Å². The topological polar surface area (TPSA) is 37.4 Å². The Balaban J connectivity index is 1.85. The van der Waals surface area contributed by atoms with Gasteiger partial charge in [0.1, 0.15) is 0 Å². The molecule has 0 amide bonds. The number of hydrogen-bond acceptors (Lipinski definition) is 2. The average molecular weight is 360 g/mol. The van der Waals surface area contributed by atoms with Crippen molar-refractivity contribution in [1.29, 1.82) is 0 Å². The summed E-state index contributed by atoms with van der Waals surface area (Å²) in [5, 5.41) is 1.26. The lowest BCUT2D eigenvalue weighted by Crippen LogP contribution is -2.36. The molecule has 0 unspecified atom stereocenters. The standard InChI is InChI=1S/C21H29NO2S/c1-3-4-5-6-7-8-9-18-25(23,24)22-16-14-21(15-17-22)20-12-10-19(2)11-13-20/h9-13,18,21H,3-6,14-17H2,1-2H3/b18-9+. The number of benzene rings is 1. The molecule has 1 saturated heterocycles. The van der Waals surface area contributed by atoms with Crippen molar-refractivity contribution in [2.24, 2.45) is 0 Å². The summed E-state index contributed by atoms with van der Waals surface area (Å²) in [7, 11) is -3.34. The van der Waals surface area contributed by atoms with Crippen LogP contribution in [0.4, 0.5) is 0 Å². The average Bonchev–Trinajstić information content (AvgIpc) is 2.62. The van der Waals surface area contributed by atoms with Crippen LogP contribution < -0.4 is 0 Å². The maximum absolute atomic E-state index is 12.4. The van der Waals surface area contributed by atoms with E-state index in [1.165, 1.54) is 35.5 Å². The van der Waals surface area contributed by atoms with Crippen LogP contribution in [0.5, 0.6) is 0 Å². The summed E-state index contributed by atoms with van der Waals surface area (Å²) in [6, 6.07) is 8.58. The molecule has 1 aliphatic rings. The van der Waals surface area contributed by atoms with Gasteiger partial charge >= 0.3 is 0 Å². The van der Waals surface area contributed by atoms with Gasteiger partial charge in [-0.2, -0.15) is 4.31 Å². The van der Waals surface area contributed by atoms with Crippen LogP contribution in [0.15, 0.2) is 35.7 Å². The zero-order valence-corrected chi connectivity index (χ0v) is 16.2. The van der Waals surface area contributed by atoms with Crippen molar-refractivity contribution in [2.45, 2.75) is 58.3 Å². The van der Waals surface area contributed by atoms with Crippen LogP contribution in [0.2, 0.25) is 0 Å². The first-order valence-electron chi connectivity index (χ1n) is 9.24. The molecule has 1 fully saturated rings. The minimum absolute atomic E-state index is 0.453. The van der Waals surface area contributed by atoms with E-state index in [-0.39, 0.29) is 0 Å². The van der Waals surface area contributed by atoms with Crippen molar-refractivity contribution >= 4 is 10.0 Å². The SMILES string of the molecule is CCCCCC#C/C=C/S(=O)(=O)N1CCC(c2ccc(C)cc2)CC1. The molecule has 0 saturated carbocycles. The molecule has 0 radical (unpaired) electrons. The smallest absolute Gasteiger partial charge is 0.207 e. The van der Waals surface area contributed by atoms with E-state index < -0.39 is 10.0 Å². The van der Waals surface area contributed by atoms with Crippen LogP contribution in [0.25, 0.3) is 0 Å². The van der Waals surface area contributed by atoms with Crippen molar-refractivity contribution in [3.8, 4) is 11.8 Å². The number of aryl methyl sites for hydroxylation is 1. The van der Waals surface area contributed by atoms with Gasteiger partial charge in [-0.3, -0.25) is 0 Å². The van der Waals surface area contributed by atoms with E-state index in [0.29, 0.717) is 19.0 Å². The third kappa shape index (κ3) is 6.34. The maximum Gasteiger partial charge on any atom is 0.236 e. The molecule has 0 atom stereocenters. The molecule has 1 aromatic carbocycles. The Morgan fingerprint density at radius 3 is 2.48 bits per heavy atom. The van der Waals surface area contributed by atoms with Crippen molar-refractivity contribution in [3.05, 3.63) is 46.9 Å². The monoisotopic (exact) mass is 359 g/mol. The minimum atomic E-state index is -3.34. The van der Waals surface area contributed by atoms with E-state index in [1.807, 2.05) is 0 Å². The van der Waals surface area contributed by atoms with Gasteiger partial charge in [0, 0.05) is 25.6 Å². The lowest BCUT2D eigenvalue weighted by Gasteiger charge is -2.30. The Labute approximate surface area is 153 Å². The number of allylic oxidation sites excluding steroid dienone is 1. The highest BCUT2D eigenvalue weighted by Crippen LogP contribution is 2.29. The fourth-order valence-corrected chi connectivity index (χ4v) is 4.21. The second-order valence-corrected chi connectivity index (χ2v) is 8.53. The Bertz CT molecular complexity index is 715. The number of nitrogens with zero attached hydrogens (tertiary/aromatic N) is 1. The summed E-state index contributed by atoms with van der Waals surface area (Å²) in [6.45, 7) is 5.39. The predicted octanol–water partition coefficient (Wildman–Crippen LogP) is 4.60. The predicted molar refractivity (Wildman–Crippen MR) is 105 cm³/mol. The Morgan fingerprint density at radius 1 is 1.16 bits per heavy atom. The third-order valence-corrected chi connectivity index (χ3v) is 6.26. The first-order valence-corrected chi connectivity index (χ1v) is 10.7. The minimum Gasteiger partial charge on any atom is -0.207 e. The van der Waals surface area contributed by atoms with Crippen LogP contribution in [-0.2, 0) is 10.0 Å². The first-order chi connectivity index (χ1) is 12.0. The second kappa shape index (κ2) is 9.79. The van der Waals surface area contributed by atoms with Crippen LogP contribution >= 0.6 is 0 Å². The molecule has 0 bridgehead atoms. The fraction of sp³-hybridized carbons (Fsp3) is 0.524. The van der Waals surface area contributed by atoms with Gasteiger partial charge in [0.25, 0.3) is 0 Å². The van der Waals surface area contributed by atoms with Gasteiger partial charge in [-0.25, -0.2) is 8.42 Å². The lowest BCUT2D eigenvalue weighted by atomic mass is 9.90. The summed E-state index contributed by atoms with van der Waals surface area (Å²) < 4.78 is 26.3. The van der Waals surface area contributed by atoms with Crippen LogP contribution in [0, 0.1) is 18.8 Å². The molecule has 2 rings (SSSR count). The van der Waals surface area contributed by atoms with Crippen LogP contribution in [0.3, 0.4) is 0 Å². The molecule has 4 heteroatoms. The van der Waals surface area contributed by atoms with Gasteiger partial charge in [-0.1, -0.05) is 61.4 Å². The summed E-state index contributed by atoms with van der Waals surface area (Å²) in [5.74, 6) is 6.31. The van der Waals surface area contributed by atoms with Crippen molar-refractivity contribution in [1.82, 2.24) is 4.31 Å². The first kappa shape index (κ1) is 19.8. The summed E-state index contributed by atoms with van der Waals surface area (Å²) in [5.41, 5.74) is 2.57. The van der Waals surface area contributed by atoms with Crippen LogP contribution in [-0.4, -0.2) is 25.8 Å². The number of sulfonamides is 1. The number of hydrogen-bond donors (Lipinski definition) is 0. The molecule has 1 heterocycles. The number of rotatable bonds is 6. The summed E-state index contributed by atoms with van der Waals surface area (Å²) in [4.78, 5) is 0. The molecule has 0 aliphatic carbocycles. The van der Waals surface area contributed by atoms with Crippen molar-refractivity contribution in [3.63, 3.8) is 0 Å². The molecule has 0 aromatic heterocycles. The lowest BCUT2D eigenvalue weighted by molar-refractivity contribution is 0.322. The molecule has 25 heavy (non-hydrogen) atoms. The fourth-order valence-electron chi connectivity index (χ4n) is 3.08. The Hall–Kier alpha value is -1.57. The molecule has 136 valence electrons. The van der Waals surface area contributed by atoms with E-state index in [1.54, 1.807) is 4.31 Å². The van der Waals surface area contributed by atoms with Gasteiger partial charge in [0.05, 0.1) is 5.41 Å². The summed E-state index contributed by atoms with van der Waals surface area (Å²) in [6.07, 6.45) is 7.48. The zero-order valence-electron chi connectivity index (χ0n) is 15.4. The van der Waals surface area contributed by atoms with Gasteiger partial charge in [-0.15, -0.1) is 0 Å². The Kier molecular flexibility index (Phi) is 7.74. The van der Waals surface area contributed by atoms with Crippen LogP contribution in [0.1, 0.15) is 62.5 Å². The molecule has 0 spiro atoms. The molecular weight excluding hydrogens is 330 g/mol. The molecule has 0 N–H and O–H groups in total. The molecule has 1 aliphatic heterocycles. The maximum atomic E-state index is 12.4. The van der Waals surface area contributed by atoms with Gasteiger partial charge in [0.15, 0.2) is 0 Å². The van der Waals surface area contributed by atoms with Gasteiger partial charge in [0.2, 0.25) is 10.0 Å². The van der Waals surface area contributed by atoms with Crippen molar-refractivity contribution < 1.29 is 8.42 Å². The largest absolute Gasteiger partial charge is 0.236 e. The third-order valence-electron chi connectivity index (χ3n) is 4.69. The quantitative estimate of drug-likeness (QED) is 0.550. The molecular formula is C21H29NO2S. The van der Waals surface area contributed by atoms with E-state index in [0.717, 1.165) is 25.7 Å². The highest BCUT2D eigenvalue weighted by Gasteiger charge is 2.26. The van der Waals surface area contributed by atoms with E-state index >= 15 is 0 Å². The number of unbranched alkanes of at least 4 members (excludes halogenated alkanes) is 3. The highest BCUT2D eigenvalue weighted by atomic mass is 32.2. The molecule has 1 aromatic rings. The van der Waals surface area contributed by atoms with E-state index in [9.17, 15) is 8.42 Å². The summed E-state index contributed by atoms with van der Waals surface area (Å²) >= 11 is 0. The Morgan fingerprint density at radius 2 is 1.84 bits per heavy atom. The van der Waals surface area contributed by atoms with E-state index in [4.69, 9.17) is 0 Å². The van der Waals surface area contributed by atoms with Gasteiger partial charge in [-0.05, 0) is 37.7 Å². The normalized spacial score (nSPS) is 16.7. The molecule has 3 nitrogen and oxygen atoms in total. The van der Waals surface area contributed by atoms with Crippen molar-refractivity contribution in [2.75, 3.05) is 13.1 Å².